The lowest BCUT2D eigenvalue weighted by molar-refractivity contribution is -0.118. The van der Waals surface area contributed by atoms with Gasteiger partial charge in [0.05, 0.1) is 30.9 Å². The molecule has 0 aliphatic heterocycles. The molecule has 29 heavy (non-hydrogen) atoms. The first-order valence-corrected chi connectivity index (χ1v) is 10.3. The highest BCUT2D eigenvalue weighted by Gasteiger charge is 2.36. The molecule has 1 aliphatic carbocycles. The van der Waals surface area contributed by atoms with Gasteiger partial charge in [-0.1, -0.05) is 19.8 Å². The van der Waals surface area contributed by atoms with Crippen LogP contribution in [0.1, 0.15) is 57.2 Å². The van der Waals surface area contributed by atoms with Crippen molar-refractivity contribution >= 4 is 22.7 Å². The van der Waals surface area contributed by atoms with E-state index in [-0.39, 0.29) is 41.8 Å². The Morgan fingerprint density at radius 2 is 2.14 bits per heavy atom. The van der Waals surface area contributed by atoms with Gasteiger partial charge < -0.3 is 19.8 Å². The number of aliphatic hydroxyl groups is 2. The van der Waals surface area contributed by atoms with Crippen molar-refractivity contribution in [2.24, 2.45) is 5.92 Å². The highest BCUT2D eigenvalue weighted by Crippen LogP contribution is 2.36. The van der Waals surface area contributed by atoms with Crippen LogP contribution in [-0.4, -0.2) is 52.6 Å². The van der Waals surface area contributed by atoms with E-state index in [4.69, 9.17) is 0 Å². The minimum absolute atomic E-state index is 0.0935. The third-order valence-electron chi connectivity index (χ3n) is 6.02. The number of nitrogens with zero attached hydrogens (tertiary/aromatic N) is 4. The van der Waals surface area contributed by atoms with E-state index in [1.807, 2.05) is 4.57 Å². The number of hydrogen-bond donors (Lipinski definition) is 3. The molecule has 0 radical (unpaired) electrons. The number of H-pyrrole nitrogens is 1. The average molecular weight is 401 g/mol. The molecule has 4 rings (SSSR count). The van der Waals surface area contributed by atoms with E-state index in [0.717, 1.165) is 19.3 Å². The molecule has 1 aliphatic rings. The van der Waals surface area contributed by atoms with Gasteiger partial charge >= 0.3 is 0 Å². The Kier molecular flexibility index (Phi) is 5.51. The second-order valence-corrected chi connectivity index (χ2v) is 7.92. The van der Waals surface area contributed by atoms with Crippen molar-refractivity contribution in [3.8, 4) is 0 Å². The Morgan fingerprint density at radius 1 is 1.31 bits per heavy atom. The maximum Gasteiger partial charge on any atom is 0.287 e. The molecule has 3 aromatic rings. The van der Waals surface area contributed by atoms with Gasteiger partial charge in [0.2, 0.25) is 5.78 Å². The average Bonchev–Trinajstić information content (AvgIpc) is 3.39. The van der Waals surface area contributed by atoms with Crippen LogP contribution in [0.4, 0.5) is 0 Å². The minimum atomic E-state index is -0.574. The van der Waals surface area contributed by atoms with Crippen LogP contribution in [0.15, 0.2) is 17.3 Å². The lowest BCUT2D eigenvalue weighted by Gasteiger charge is -2.21. The van der Waals surface area contributed by atoms with E-state index in [2.05, 4.69) is 21.9 Å². The summed E-state index contributed by atoms with van der Waals surface area (Å²) in [4.78, 5) is 37.1. The van der Waals surface area contributed by atoms with Gasteiger partial charge in [-0.25, -0.2) is 14.4 Å². The van der Waals surface area contributed by atoms with Crippen LogP contribution >= 0.6 is 0 Å². The van der Waals surface area contributed by atoms with Gasteiger partial charge in [-0.3, -0.25) is 9.59 Å². The molecule has 0 saturated heterocycles. The first-order chi connectivity index (χ1) is 14.0. The number of nitrogens with one attached hydrogen (secondary N) is 1. The summed E-state index contributed by atoms with van der Waals surface area (Å²) in [7, 11) is 0. The normalized spacial score (nSPS) is 22.1. The number of Topliss-reactive ketones (excluding diaryl/α,β-unsaturated/α-hetero) is 1. The zero-order chi connectivity index (χ0) is 20.5. The molecule has 156 valence electrons. The highest BCUT2D eigenvalue weighted by molar-refractivity contribution is 5.81. The van der Waals surface area contributed by atoms with Crippen molar-refractivity contribution < 1.29 is 15.0 Å². The SMILES string of the molecule is CCCCCC(=O)Cc1cnc2[nH]c3c(ncn3C3CCC(O)C3CO)c(=O)n12. The Bertz CT molecular complexity index is 1080. The quantitative estimate of drug-likeness (QED) is 0.490. The van der Waals surface area contributed by atoms with Crippen molar-refractivity contribution in [2.75, 3.05) is 6.61 Å². The molecule has 9 heteroatoms. The van der Waals surface area contributed by atoms with E-state index in [1.165, 1.54) is 4.40 Å². The van der Waals surface area contributed by atoms with Crippen molar-refractivity contribution in [1.29, 1.82) is 0 Å². The van der Waals surface area contributed by atoms with Crippen LogP contribution in [0, 0.1) is 5.92 Å². The fourth-order valence-electron chi connectivity index (χ4n) is 4.41. The van der Waals surface area contributed by atoms with Crippen LogP contribution in [0.5, 0.6) is 0 Å². The van der Waals surface area contributed by atoms with E-state index < -0.39 is 6.10 Å². The smallest absolute Gasteiger partial charge is 0.287 e. The molecule has 3 unspecified atom stereocenters. The number of aromatic amines is 1. The Morgan fingerprint density at radius 3 is 2.90 bits per heavy atom. The summed E-state index contributed by atoms with van der Waals surface area (Å²) in [5, 5.41) is 19.8. The van der Waals surface area contributed by atoms with Gasteiger partial charge in [-0.15, -0.1) is 0 Å². The van der Waals surface area contributed by atoms with E-state index in [0.29, 0.717) is 36.4 Å². The summed E-state index contributed by atoms with van der Waals surface area (Å²) in [6.45, 7) is 1.96. The highest BCUT2D eigenvalue weighted by atomic mass is 16.3. The fraction of sp³-hybridized carbons (Fsp3) is 0.600. The maximum atomic E-state index is 13.1. The first-order valence-electron chi connectivity index (χ1n) is 10.3. The molecule has 1 saturated carbocycles. The Labute approximate surface area is 167 Å². The maximum absolute atomic E-state index is 13.1. The number of fused-ring (bicyclic) bond motifs is 2. The summed E-state index contributed by atoms with van der Waals surface area (Å²) in [6, 6.07) is -0.146. The Hall–Kier alpha value is -2.52. The van der Waals surface area contributed by atoms with Crippen LogP contribution < -0.4 is 5.56 Å². The summed E-state index contributed by atoms with van der Waals surface area (Å²) < 4.78 is 3.24. The second-order valence-electron chi connectivity index (χ2n) is 7.92. The lowest BCUT2D eigenvalue weighted by atomic mass is 10.0. The van der Waals surface area contributed by atoms with Gasteiger partial charge in [0, 0.05) is 24.8 Å². The Balaban J connectivity index is 1.69. The third-order valence-corrected chi connectivity index (χ3v) is 6.02. The van der Waals surface area contributed by atoms with Crippen molar-refractivity contribution in [1.82, 2.24) is 23.9 Å². The minimum Gasteiger partial charge on any atom is -0.396 e. The van der Waals surface area contributed by atoms with Gasteiger partial charge in [0.25, 0.3) is 5.56 Å². The zero-order valence-electron chi connectivity index (χ0n) is 16.5. The van der Waals surface area contributed by atoms with Gasteiger partial charge in [0.15, 0.2) is 5.52 Å². The number of imidazole rings is 2. The van der Waals surface area contributed by atoms with Crippen LogP contribution in [-0.2, 0) is 11.2 Å². The summed E-state index contributed by atoms with van der Waals surface area (Å²) in [5.41, 5.74) is 1.02. The number of ketones is 1. The molecular formula is C20H27N5O4. The van der Waals surface area contributed by atoms with Crippen LogP contribution in [0.3, 0.4) is 0 Å². The number of rotatable bonds is 8. The van der Waals surface area contributed by atoms with E-state index >= 15 is 0 Å². The van der Waals surface area contributed by atoms with Crippen LogP contribution in [0.2, 0.25) is 0 Å². The molecule has 3 heterocycles. The molecular weight excluding hydrogens is 374 g/mol. The third kappa shape index (κ3) is 3.49. The molecule has 1 fully saturated rings. The fourth-order valence-corrected chi connectivity index (χ4v) is 4.41. The van der Waals surface area contributed by atoms with Gasteiger partial charge in [0.1, 0.15) is 11.4 Å². The van der Waals surface area contributed by atoms with Gasteiger partial charge in [-0.05, 0) is 19.3 Å². The largest absolute Gasteiger partial charge is 0.396 e. The molecule has 0 spiro atoms. The molecule has 9 nitrogen and oxygen atoms in total. The number of carbonyl (C=O) groups is 1. The topological polar surface area (TPSA) is 126 Å². The summed E-state index contributed by atoms with van der Waals surface area (Å²) in [6.07, 6.45) is 7.44. The molecule has 0 aromatic carbocycles. The predicted octanol–water partition coefficient (Wildman–Crippen LogP) is 1.37. The van der Waals surface area contributed by atoms with E-state index in [9.17, 15) is 19.8 Å². The molecule has 3 N–H and O–H groups in total. The second kappa shape index (κ2) is 8.08. The lowest BCUT2D eigenvalue weighted by Crippen LogP contribution is -2.25. The first kappa shape index (κ1) is 19.8. The number of hydrogen-bond acceptors (Lipinski definition) is 6. The van der Waals surface area contributed by atoms with E-state index in [1.54, 1.807) is 12.5 Å². The summed E-state index contributed by atoms with van der Waals surface area (Å²) >= 11 is 0. The molecule has 0 bridgehead atoms. The molecule has 3 atom stereocenters. The van der Waals surface area contributed by atoms with Crippen LogP contribution in [0.25, 0.3) is 16.9 Å². The monoisotopic (exact) mass is 401 g/mol. The molecule has 3 aromatic heterocycles. The number of aliphatic hydroxyl groups excluding tert-OH is 2. The van der Waals surface area contributed by atoms with Crippen molar-refractivity contribution in [3.05, 3.63) is 28.6 Å². The van der Waals surface area contributed by atoms with Crippen molar-refractivity contribution in [3.63, 3.8) is 0 Å². The molecule has 0 amide bonds. The summed E-state index contributed by atoms with van der Waals surface area (Å²) in [5.74, 6) is 0.152. The zero-order valence-corrected chi connectivity index (χ0v) is 16.5. The van der Waals surface area contributed by atoms with Crippen molar-refractivity contribution in [2.45, 2.75) is 64.0 Å². The standard InChI is InChI=1S/C20H27N5O4/c1-2-3-4-5-13(27)8-12-9-21-20-23-18-17(19(29)25(12)20)22-11-24(18)15-6-7-16(28)14(15)10-26/h9,11,14-16,26,28H,2-8,10H2,1H3,(H,21,23). The number of unbranched alkanes of at least 4 members (excludes halogenated alkanes) is 2. The number of carbonyl (C=O) groups excluding carboxylic acids is 1. The number of aromatic nitrogens is 5. The van der Waals surface area contributed by atoms with Gasteiger partial charge in [-0.2, -0.15) is 0 Å². The predicted molar refractivity (Wildman–Crippen MR) is 107 cm³/mol.